The highest BCUT2D eigenvalue weighted by atomic mass is 16.5. The van der Waals surface area contributed by atoms with Crippen molar-refractivity contribution < 1.29 is 14.3 Å². The maximum atomic E-state index is 12.6. The summed E-state index contributed by atoms with van der Waals surface area (Å²) >= 11 is 0. The molecule has 2 aromatic rings. The van der Waals surface area contributed by atoms with Crippen LogP contribution in [0.15, 0.2) is 29.8 Å². The van der Waals surface area contributed by atoms with Crippen LogP contribution in [-0.4, -0.2) is 24.7 Å². The highest BCUT2D eigenvalue weighted by Gasteiger charge is 2.14. The van der Waals surface area contributed by atoms with Crippen LogP contribution >= 0.6 is 0 Å². The molecule has 1 aromatic carbocycles. The lowest BCUT2D eigenvalue weighted by molar-refractivity contribution is -0.112. The molecule has 0 fully saturated rings. The van der Waals surface area contributed by atoms with Crippen molar-refractivity contribution in [1.82, 2.24) is 4.57 Å². The van der Waals surface area contributed by atoms with Crippen LogP contribution in [-0.2, 0) is 11.3 Å². The second-order valence-electron chi connectivity index (χ2n) is 7.02. The molecule has 28 heavy (non-hydrogen) atoms. The van der Waals surface area contributed by atoms with Crippen molar-refractivity contribution in [3.8, 4) is 17.6 Å². The number of methoxy groups -OCH3 is 2. The average molecular weight is 381 g/mol. The Balaban J connectivity index is 2.28. The van der Waals surface area contributed by atoms with E-state index in [0.29, 0.717) is 23.1 Å². The third-order valence-electron chi connectivity index (χ3n) is 4.47. The van der Waals surface area contributed by atoms with Crippen LogP contribution in [0.5, 0.6) is 11.5 Å². The quantitative estimate of drug-likeness (QED) is 0.572. The number of amides is 1. The van der Waals surface area contributed by atoms with Crippen molar-refractivity contribution in [3.63, 3.8) is 0 Å². The number of carbonyl (C=O) groups excluding carboxylic acids is 1. The van der Waals surface area contributed by atoms with E-state index in [9.17, 15) is 10.1 Å². The van der Waals surface area contributed by atoms with Crippen molar-refractivity contribution in [1.29, 1.82) is 5.26 Å². The molecule has 1 N–H and O–H groups in total. The molecule has 0 spiro atoms. The van der Waals surface area contributed by atoms with Gasteiger partial charge in [-0.1, -0.05) is 13.8 Å². The van der Waals surface area contributed by atoms with Crippen molar-refractivity contribution in [3.05, 3.63) is 46.8 Å². The molecule has 0 aliphatic rings. The summed E-state index contributed by atoms with van der Waals surface area (Å²) in [6.45, 7) is 9.24. The average Bonchev–Trinajstić information content (AvgIpc) is 2.92. The minimum atomic E-state index is -0.469. The van der Waals surface area contributed by atoms with Crippen molar-refractivity contribution in [2.75, 3.05) is 19.5 Å². The minimum Gasteiger partial charge on any atom is -0.493 e. The Bertz CT molecular complexity index is 933. The summed E-state index contributed by atoms with van der Waals surface area (Å²) in [7, 11) is 3.07. The van der Waals surface area contributed by atoms with Crippen LogP contribution in [0.2, 0.25) is 0 Å². The Morgan fingerprint density at radius 1 is 1.21 bits per heavy atom. The number of ether oxygens (including phenoxy) is 2. The molecule has 0 aliphatic heterocycles. The number of aryl methyl sites for hydroxylation is 1. The zero-order valence-corrected chi connectivity index (χ0v) is 17.3. The van der Waals surface area contributed by atoms with Gasteiger partial charge < -0.3 is 19.4 Å². The smallest absolute Gasteiger partial charge is 0.266 e. The number of hydrogen-bond acceptors (Lipinski definition) is 4. The summed E-state index contributed by atoms with van der Waals surface area (Å²) in [4.78, 5) is 12.6. The van der Waals surface area contributed by atoms with Crippen LogP contribution in [0, 0.1) is 31.1 Å². The standard InChI is InChI=1S/C22H27N3O3/c1-14(2)13-25-15(3)9-17(16(25)4)10-18(12-23)22(26)24-19-7-8-20(27-5)21(11-19)28-6/h7-11,14H,13H2,1-6H3,(H,24,26)/b18-10+. The molecule has 2 rings (SSSR count). The second-order valence-corrected chi connectivity index (χ2v) is 7.02. The fraction of sp³-hybridized carbons (Fsp3) is 0.364. The first-order chi connectivity index (χ1) is 13.3. The summed E-state index contributed by atoms with van der Waals surface area (Å²) in [5, 5.41) is 12.2. The van der Waals surface area contributed by atoms with Crippen LogP contribution in [0.4, 0.5) is 5.69 Å². The van der Waals surface area contributed by atoms with Gasteiger partial charge in [0.2, 0.25) is 0 Å². The van der Waals surface area contributed by atoms with Crippen molar-refractivity contribution >= 4 is 17.7 Å². The molecular weight excluding hydrogens is 354 g/mol. The first kappa shape index (κ1) is 21.1. The number of aromatic nitrogens is 1. The summed E-state index contributed by atoms with van der Waals surface area (Å²) in [5.41, 5.74) is 3.58. The first-order valence-corrected chi connectivity index (χ1v) is 9.12. The maximum Gasteiger partial charge on any atom is 0.266 e. The largest absolute Gasteiger partial charge is 0.493 e. The van der Waals surface area contributed by atoms with E-state index in [1.807, 2.05) is 26.0 Å². The van der Waals surface area contributed by atoms with Gasteiger partial charge in [0.25, 0.3) is 5.91 Å². The van der Waals surface area contributed by atoms with E-state index in [1.165, 1.54) is 7.11 Å². The monoisotopic (exact) mass is 381 g/mol. The van der Waals surface area contributed by atoms with Crippen LogP contribution < -0.4 is 14.8 Å². The summed E-state index contributed by atoms with van der Waals surface area (Å²) < 4.78 is 12.6. The molecule has 1 amide bonds. The normalized spacial score (nSPS) is 11.3. The number of nitrogens with zero attached hydrogens (tertiary/aromatic N) is 2. The molecule has 148 valence electrons. The third kappa shape index (κ3) is 4.74. The predicted molar refractivity (Wildman–Crippen MR) is 111 cm³/mol. The molecule has 0 atom stereocenters. The molecule has 0 radical (unpaired) electrons. The van der Waals surface area contributed by atoms with Crippen molar-refractivity contribution in [2.24, 2.45) is 5.92 Å². The molecule has 0 bridgehead atoms. The molecular formula is C22H27N3O3. The van der Waals surface area contributed by atoms with E-state index in [4.69, 9.17) is 9.47 Å². The molecule has 0 saturated heterocycles. The molecule has 0 saturated carbocycles. The van der Waals surface area contributed by atoms with Gasteiger partial charge in [-0.3, -0.25) is 4.79 Å². The Morgan fingerprint density at radius 3 is 2.46 bits per heavy atom. The van der Waals surface area contributed by atoms with Gasteiger partial charge in [-0.25, -0.2) is 0 Å². The molecule has 0 aliphatic carbocycles. The van der Waals surface area contributed by atoms with Crippen LogP contribution in [0.25, 0.3) is 6.08 Å². The van der Waals surface area contributed by atoms with Gasteiger partial charge in [0.15, 0.2) is 11.5 Å². The lowest BCUT2D eigenvalue weighted by Crippen LogP contribution is -2.13. The van der Waals surface area contributed by atoms with E-state index in [-0.39, 0.29) is 5.57 Å². The zero-order chi connectivity index (χ0) is 20.8. The fourth-order valence-corrected chi connectivity index (χ4v) is 3.04. The lowest BCUT2D eigenvalue weighted by atomic mass is 10.1. The number of rotatable bonds is 7. The van der Waals surface area contributed by atoms with Gasteiger partial charge in [0.1, 0.15) is 11.6 Å². The van der Waals surface area contributed by atoms with Crippen molar-refractivity contribution in [2.45, 2.75) is 34.2 Å². The lowest BCUT2D eigenvalue weighted by Gasteiger charge is -2.12. The minimum absolute atomic E-state index is 0.0413. The van der Waals surface area contributed by atoms with E-state index in [2.05, 4.69) is 23.7 Å². The number of hydrogen-bond donors (Lipinski definition) is 1. The van der Waals surface area contributed by atoms with Crippen LogP contribution in [0.1, 0.15) is 30.8 Å². The molecule has 6 nitrogen and oxygen atoms in total. The molecule has 0 unspecified atom stereocenters. The van der Waals surface area contributed by atoms with Gasteiger partial charge in [0, 0.05) is 29.7 Å². The summed E-state index contributed by atoms with van der Waals surface area (Å²) in [6.07, 6.45) is 1.63. The third-order valence-corrected chi connectivity index (χ3v) is 4.47. The Hall–Kier alpha value is -3.20. The number of nitriles is 1. The highest BCUT2D eigenvalue weighted by molar-refractivity contribution is 6.09. The molecule has 1 heterocycles. The van der Waals surface area contributed by atoms with Gasteiger partial charge >= 0.3 is 0 Å². The summed E-state index contributed by atoms with van der Waals surface area (Å²) in [6, 6.07) is 9.05. The molecule has 6 heteroatoms. The van der Waals surface area contributed by atoms with Gasteiger partial charge in [0.05, 0.1) is 14.2 Å². The Kier molecular flexibility index (Phi) is 6.89. The van der Waals surface area contributed by atoms with Crippen LogP contribution in [0.3, 0.4) is 0 Å². The zero-order valence-electron chi connectivity index (χ0n) is 17.3. The first-order valence-electron chi connectivity index (χ1n) is 9.12. The highest BCUT2D eigenvalue weighted by Crippen LogP contribution is 2.30. The van der Waals surface area contributed by atoms with Gasteiger partial charge in [-0.05, 0) is 49.6 Å². The van der Waals surface area contributed by atoms with E-state index >= 15 is 0 Å². The van der Waals surface area contributed by atoms with E-state index in [1.54, 1.807) is 31.4 Å². The fourth-order valence-electron chi connectivity index (χ4n) is 3.04. The van der Waals surface area contributed by atoms with E-state index in [0.717, 1.165) is 23.5 Å². The molecule has 1 aromatic heterocycles. The SMILES string of the molecule is COc1ccc(NC(=O)/C(C#N)=C/c2cc(C)n(CC(C)C)c2C)cc1OC. The summed E-state index contributed by atoms with van der Waals surface area (Å²) in [5.74, 6) is 1.10. The second kappa shape index (κ2) is 9.14. The van der Waals surface area contributed by atoms with E-state index < -0.39 is 5.91 Å². The topological polar surface area (TPSA) is 76.3 Å². The number of anilines is 1. The predicted octanol–water partition coefficient (Wildman–Crippen LogP) is 4.32. The maximum absolute atomic E-state index is 12.6. The number of nitrogens with one attached hydrogen (secondary N) is 1. The van der Waals surface area contributed by atoms with Gasteiger partial charge in [-0.15, -0.1) is 0 Å². The Labute approximate surface area is 166 Å². The van der Waals surface area contributed by atoms with Gasteiger partial charge in [-0.2, -0.15) is 5.26 Å². The number of carbonyl (C=O) groups is 1. The Morgan fingerprint density at radius 2 is 1.89 bits per heavy atom. The number of benzene rings is 1.